The van der Waals surface area contributed by atoms with E-state index in [0.29, 0.717) is 13.2 Å². The molecule has 1 aromatic carbocycles. The Morgan fingerprint density at radius 3 is 2.64 bits per heavy atom. The van der Waals surface area contributed by atoms with E-state index in [1.807, 2.05) is 13.8 Å². The monoisotopic (exact) mass is 197 g/mol. The molecule has 0 amide bonds. The molecule has 0 fully saturated rings. The summed E-state index contributed by atoms with van der Waals surface area (Å²) in [6.45, 7) is 4.72. The predicted octanol–water partition coefficient (Wildman–Crippen LogP) is 2.21. The van der Waals surface area contributed by atoms with Crippen molar-refractivity contribution in [1.82, 2.24) is 0 Å². The first kappa shape index (κ1) is 11.1. The van der Waals surface area contributed by atoms with Gasteiger partial charge in [0.15, 0.2) is 0 Å². The summed E-state index contributed by atoms with van der Waals surface area (Å²) in [6, 6.07) is 4.60. The fraction of sp³-hybridized carbons (Fsp3) is 0.455. The molecule has 0 spiro atoms. The van der Waals surface area contributed by atoms with Crippen molar-refractivity contribution in [2.75, 3.05) is 0 Å². The van der Waals surface area contributed by atoms with Crippen LogP contribution in [0.25, 0.3) is 0 Å². The van der Waals surface area contributed by atoms with Crippen molar-refractivity contribution in [3.05, 3.63) is 35.1 Å². The van der Waals surface area contributed by atoms with Crippen molar-refractivity contribution < 1.29 is 9.13 Å². The van der Waals surface area contributed by atoms with E-state index in [-0.39, 0.29) is 11.9 Å². The van der Waals surface area contributed by atoms with Crippen LogP contribution in [0.2, 0.25) is 0 Å². The molecule has 1 aromatic rings. The van der Waals surface area contributed by atoms with Crippen molar-refractivity contribution in [3.8, 4) is 0 Å². The Balaban J connectivity index is 2.77. The summed E-state index contributed by atoms with van der Waals surface area (Å²) in [7, 11) is 0. The molecule has 0 unspecified atom stereocenters. The van der Waals surface area contributed by atoms with E-state index in [1.54, 1.807) is 6.07 Å². The van der Waals surface area contributed by atoms with Crippen molar-refractivity contribution in [2.24, 2.45) is 5.73 Å². The Morgan fingerprint density at radius 2 is 2.07 bits per heavy atom. The molecule has 0 aliphatic heterocycles. The maximum Gasteiger partial charge on any atom is 0.123 e. The Kier molecular flexibility index (Phi) is 4.04. The largest absolute Gasteiger partial charge is 0.374 e. The molecule has 0 saturated heterocycles. The SMILES string of the molecule is CC(C)OCc1cc(F)ccc1CN. The molecule has 0 heterocycles. The molecule has 2 N–H and O–H groups in total. The number of ether oxygens (including phenoxy) is 1. The molecule has 0 atom stereocenters. The molecule has 0 bridgehead atoms. The molecule has 0 radical (unpaired) electrons. The summed E-state index contributed by atoms with van der Waals surface area (Å²) in [5.41, 5.74) is 7.30. The van der Waals surface area contributed by atoms with E-state index in [9.17, 15) is 4.39 Å². The second-order valence-electron chi connectivity index (χ2n) is 3.48. The number of halogens is 1. The van der Waals surface area contributed by atoms with Crippen LogP contribution in [0, 0.1) is 5.82 Å². The second-order valence-corrected chi connectivity index (χ2v) is 3.48. The van der Waals surface area contributed by atoms with Crippen LogP contribution in [0.15, 0.2) is 18.2 Å². The van der Waals surface area contributed by atoms with Gasteiger partial charge in [-0.2, -0.15) is 0 Å². The molecular formula is C11H16FNO. The minimum atomic E-state index is -0.246. The van der Waals surface area contributed by atoms with Gasteiger partial charge in [-0.25, -0.2) is 4.39 Å². The molecule has 78 valence electrons. The van der Waals surface area contributed by atoms with Crippen LogP contribution in [0.5, 0.6) is 0 Å². The fourth-order valence-electron chi connectivity index (χ4n) is 1.18. The van der Waals surface area contributed by atoms with Gasteiger partial charge in [0.1, 0.15) is 5.82 Å². The molecule has 0 aliphatic carbocycles. The zero-order valence-electron chi connectivity index (χ0n) is 8.59. The third-order valence-corrected chi connectivity index (χ3v) is 1.96. The highest BCUT2D eigenvalue weighted by molar-refractivity contribution is 5.27. The van der Waals surface area contributed by atoms with Gasteiger partial charge >= 0.3 is 0 Å². The summed E-state index contributed by atoms with van der Waals surface area (Å²) >= 11 is 0. The van der Waals surface area contributed by atoms with E-state index < -0.39 is 0 Å². The average molecular weight is 197 g/mol. The molecule has 0 aliphatic rings. The predicted molar refractivity (Wildman–Crippen MR) is 54.2 cm³/mol. The quantitative estimate of drug-likeness (QED) is 0.803. The molecule has 14 heavy (non-hydrogen) atoms. The van der Waals surface area contributed by atoms with Gasteiger partial charge in [0.2, 0.25) is 0 Å². The van der Waals surface area contributed by atoms with Crippen molar-refractivity contribution in [3.63, 3.8) is 0 Å². The van der Waals surface area contributed by atoms with E-state index in [2.05, 4.69) is 0 Å². The number of hydrogen-bond donors (Lipinski definition) is 1. The highest BCUT2D eigenvalue weighted by Gasteiger charge is 2.04. The molecule has 0 aromatic heterocycles. The normalized spacial score (nSPS) is 10.9. The first-order chi connectivity index (χ1) is 6.63. The Hall–Kier alpha value is -0.930. The minimum Gasteiger partial charge on any atom is -0.374 e. The van der Waals surface area contributed by atoms with Crippen LogP contribution in [0.3, 0.4) is 0 Å². The lowest BCUT2D eigenvalue weighted by Gasteiger charge is -2.11. The van der Waals surface area contributed by atoms with Gasteiger partial charge in [-0.15, -0.1) is 0 Å². The van der Waals surface area contributed by atoms with Crippen LogP contribution in [0.1, 0.15) is 25.0 Å². The van der Waals surface area contributed by atoms with E-state index >= 15 is 0 Å². The number of hydrogen-bond acceptors (Lipinski definition) is 2. The van der Waals surface area contributed by atoms with Gasteiger partial charge in [0.05, 0.1) is 12.7 Å². The lowest BCUT2D eigenvalue weighted by molar-refractivity contribution is 0.0651. The highest BCUT2D eigenvalue weighted by Crippen LogP contribution is 2.12. The smallest absolute Gasteiger partial charge is 0.123 e. The molecule has 1 rings (SSSR count). The molecule has 2 nitrogen and oxygen atoms in total. The van der Waals surface area contributed by atoms with E-state index in [1.165, 1.54) is 12.1 Å². The summed E-state index contributed by atoms with van der Waals surface area (Å²) in [5, 5.41) is 0. The zero-order valence-corrected chi connectivity index (χ0v) is 8.59. The summed E-state index contributed by atoms with van der Waals surface area (Å²) in [6.07, 6.45) is 0.142. The summed E-state index contributed by atoms with van der Waals surface area (Å²) in [5.74, 6) is -0.246. The third kappa shape index (κ3) is 3.09. The molecule has 3 heteroatoms. The van der Waals surface area contributed by atoms with Gasteiger partial charge in [0.25, 0.3) is 0 Å². The Bertz CT molecular complexity index is 299. The average Bonchev–Trinajstić information content (AvgIpc) is 2.15. The van der Waals surface area contributed by atoms with Gasteiger partial charge in [0, 0.05) is 6.54 Å². The first-order valence-electron chi connectivity index (χ1n) is 4.72. The number of benzene rings is 1. The second kappa shape index (κ2) is 5.08. The number of nitrogens with two attached hydrogens (primary N) is 1. The summed E-state index contributed by atoms with van der Waals surface area (Å²) in [4.78, 5) is 0. The van der Waals surface area contributed by atoms with Gasteiger partial charge in [-0.1, -0.05) is 6.07 Å². The van der Waals surface area contributed by atoms with Crippen LogP contribution in [0.4, 0.5) is 4.39 Å². The number of rotatable bonds is 4. The zero-order chi connectivity index (χ0) is 10.6. The first-order valence-corrected chi connectivity index (χ1v) is 4.72. The fourth-order valence-corrected chi connectivity index (χ4v) is 1.18. The highest BCUT2D eigenvalue weighted by atomic mass is 19.1. The van der Waals surface area contributed by atoms with Crippen molar-refractivity contribution in [1.29, 1.82) is 0 Å². The third-order valence-electron chi connectivity index (χ3n) is 1.96. The standard InChI is InChI=1S/C11H16FNO/c1-8(2)14-7-10-5-11(12)4-3-9(10)6-13/h3-5,8H,6-7,13H2,1-2H3. The lowest BCUT2D eigenvalue weighted by atomic mass is 10.1. The van der Waals surface area contributed by atoms with Crippen LogP contribution < -0.4 is 5.73 Å². The Morgan fingerprint density at radius 1 is 1.36 bits per heavy atom. The molecule has 0 saturated carbocycles. The van der Waals surface area contributed by atoms with Crippen LogP contribution in [-0.4, -0.2) is 6.10 Å². The minimum absolute atomic E-state index is 0.142. The Labute approximate surface area is 83.9 Å². The topological polar surface area (TPSA) is 35.2 Å². The van der Waals surface area contributed by atoms with E-state index in [0.717, 1.165) is 11.1 Å². The summed E-state index contributed by atoms with van der Waals surface area (Å²) < 4.78 is 18.3. The van der Waals surface area contributed by atoms with Crippen LogP contribution >= 0.6 is 0 Å². The maximum absolute atomic E-state index is 12.9. The van der Waals surface area contributed by atoms with Crippen molar-refractivity contribution in [2.45, 2.75) is 33.1 Å². The van der Waals surface area contributed by atoms with Gasteiger partial charge in [-0.05, 0) is 37.1 Å². The lowest BCUT2D eigenvalue weighted by Crippen LogP contribution is -2.07. The van der Waals surface area contributed by atoms with Gasteiger partial charge < -0.3 is 10.5 Å². The van der Waals surface area contributed by atoms with Crippen molar-refractivity contribution >= 4 is 0 Å². The van der Waals surface area contributed by atoms with Crippen LogP contribution in [-0.2, 0) is 17.9 Å². The maximum atomic E-state index is 12.9. The molecular weight excluding hydrogens is 181 g/mol. The van der Waals surface area contributed by atoms with Gasteiger partial charge in [-0.3, -0.25) is 0 Å². The van der Waals surface area contributed by atoms with E-state index in [4.69, 9.17) is 10.5 Å².